The number of guanidine groups is 1. The number of ether oxygens (including phenoxy) is 1. The number of rotatable bonds is 6. The topological polar surface area (TPSA) is 69.4 Å². The number of aliphatic imine (C=N–C) groups is 1. The molecule has 0 aliphatic rings. The molecule has 0 radical (unpaired) electrons. The quantitative estimate of drug-likeness (QED) is 0.480. The fourth-order valence-electron chi connectivity index (χ4n) is 2.08. The molecule has 25 heavy (non-hydrogen) atoms. The van der Waals surface area contributed by atoms with Gasteiger partial charge in [-0.3, -0.25) is 4.99 Å². The van der Waals surface area contributed by atoms with E-state index in [4.69, 9.17) is 10.00 Å². The van der Waals surface area contributed by atoms with Crippen LogP contribution in [0.1, 0.15) is 11.1 Å². The number of hydrogen-bond acceptors (Lipinski definition) is 3. The zero-order valence-electron chi connectivity index (χ0n) is 13.7. The first kappa shape index (κ1) is 18.2. The van der Waals surface area contributed by atoms with Crippen LogP contribution in [-0.4, -0.2) is 26.2 Å². The number of benzene rings is 2. The van der Waals surface area contributed by atoms with E-state index in [1.165, 1.54) is 6.07 Å². The molecule has 0 saturated carbocycles. The molecular formula is C18H18F2N4O. The summed E-state index contributed by atoms with van der Waals surface area (Å²) in [6, 6.07) is 12.5. The predicted molar refractivity (Wildman–Crippen MR) is 91.2 cm³/mol. The second-order valence-electron chi connectivity index (χ2n) is 5.09. The highest BCUT2D eigenvalue weighted by molar-refractivity contribution is 5.79. The Hall–Kier alpha value is -3.14. The van der Waals surface area contributed by atoms with Crippen LogP contribution in [0.2, 0.25) is 0 Å². The first-order valence-electron chi connectivity index (χ1n) is 7.64. The number of hydrogen-bond donors (Lipinski definition) is 2. The van der Waals surface area contributed by atoms with E-state index in [0.717, 1.165) is 17.7 Å². The Kier molecular flexibility index (Phi) is 6.72. The SMILES string of the molecule is CN=C(NCCOc1ccc(F)cc1F)NCc1cccc(C#N)c1. The Bertz CT molecular complexity index is 787. The molecule has 0 spiro atoms. The van der Waals surface area contributed by atoms with Gasteiger partial charge in [-0.05, 0) is 29.8 Å². The average Bonchev–Trinajstić information content (AvgIpc) is 2.62. The van der Waals surface area contributed by atoms with Crippen LogP contribution in [0.4, 0.5) is 8.78 Å². The minimum Gasteiger partial charge on any atom is -0.489 e. The van der Waals surface area contributed by atoms with Gasteiger partial charge in [-0.25, -0.2) is 8.78 Å². The third-order valence-electron chi connectivity index (χ3n) is 3.29. The maximum Gasteiger partial charge on any atom is 0.191 e. The second-order valence-corrected chi connectivity index (χ2v) is 5.09. The maximum atomic E-state index is 13.4. The van der Waals surface area contributed by atoms with Gasteiger partial charge in [0.25, 0.3) is 0 Å². The third kappa shape index (κ3) is 5.77. The van der Waals surface area contributed by atoms with Crippen LogP contribution in [0.3, 0.4) is 0 Å². The third-order valence-corrected chi connectivity index (χ3v) is 3.29. The molecule has 2 N–H and O–H groups in total. The number of halogens is 2. The van der Waals surface area contributed by atoms with Crippen LogP contribution in [0.25, 0.3) is 0 Å². The standard InChI is InChI=1S/C18H18F2N4O/c1-22-18(24-12-14-4-2-3-13(9-14)11-21)23-7-8-25-17-6-5-15(19)10-16(17)20/h2-6,9-10H,7-8,12H2,1H3,(H2,22,23,24). The van der Waals surface area contributed by atoms with Crippen LogP contribution in [0.15, 0.2) is 47.5 Å². The van der Waals surface area contributed by atoms with Crippen LogP contribution in [0.5, 0.6) is 5.75 Å². The molecule has 0 atom stereocenters. The van der Waals surface area contributed by atoms with Crippen molar-refractivity contribution >= 4 is 5.96 Å². The molecule has 2 aromatic carbocycles. The molecule has 0 aliphatic heterocycles. The Labute approximate surface area is 145 Å². The minimum absolute atomic E-state index is 0.000495. The molecular weight excluding hydrogens is 326 g/mol. The van der Waals surface area contributed by atoms with Crippen LogP contribution in [-0.2, 0) is 6.54 Å². The van der Waals surface area contributed by atoms with Gasteiger partial charge in [-0.2, -0.15) is 5.26 Å². The number of nitrogens with zero attached hydrogens (tertiary/aromatic N) is 2. The van der Waals surface area contributed by atoms with Crippen molar-refractivity contribution in [1.29, 1.82) is 5.26 Å². The average molecular weight is 344 g/mol. The molecule has 0 saturated heterocycles. The van der Waals surface area contributed by atoms with E-state index >= 15 is 0 Å². The fraction of sp³-hybridized carbons (Fsp3) is 0.222. The monoisotopic (exact) mass is 344 g/mol. The summed E-state index contributed by atoms with van der Waals surface area (Å²) in [6.07, 6.45) is 0. The van der Waals surface area contributed by atoms with E-state index in [2.05, 4.69) is 21.7 Å². The summed E-state index contributed by atoms with van der Waals surface area (Å²) in [5.74, 6) is -0.835. The highest BCUT2D eigenvalue weighted by atomic mass is 19.1. The molecule has 2 aromatic rings. The molecule has 0 unspecified atom stereocenters. The summed E-state index contributed by atoms with van der Waals surface area (Å²) in [5.41, 5.74) is 1.55. The zero-order chi connectivity index (χ0) is 18.1. The van der Waals surface area contributed by atoms with Crippen LogP contribution >= 0.6 is 0 Å². The normalized spacial score (nSPS) is 10.9. The summed E-state index contributed by atoms with van der Waals surface area (Å²) in [6.45, 7) is 1.07. The summed E-state index contributed by atoms with van der Waals surface area (Å²) in [5, 5.41) is 15.0. The molecule has 2 rings (SSSR count). The molecule has 0 heterocycles. The molecule has 130 valence electrons. The van der Waals surface area contributed by atoms with Gasteiger partial charge < -0.3 is 15.4 Å². The zero-order valence-corrected chi connectivity index (χ0v) is 13.7. The van der Waals surface area contributed by atoms with Crippen molar-refractivity contribution in [3.63, 3.8) is 0 Å². The predicted octanol–water partition coefficient (Wildman–Crippen LogP) is 2.58. The minimum atomic E-state index is -0.736. The van der Waals surface area contributed by atoms with E-state index in [1.807, 2.05) is 12.1 Å². The van der Waals surface area contributed by atoms with E-state index in [0.29, 0.717) is 24.6 Å². The van der Waals surface area contributed by atoms with E-state index in [9.17, 15) is 8.78 Å². The van der Waals surface area contributed by atoms with Crippen molar-refractivity contribution in [2.75, 3.05) is 20.2 Å². The molecule has 0 fully saturated rings. The number of nitriles is 1. The highest BCUT2D eigenvalue weighted by Crippen LogP contribution is 2.17. The van der Waals surface area contributed by atoms with E-state index in [-0.39, 0.29) is 12.4 Å². The van der Waals surface area contributed by atoms with Gasteiger partial charge in [0.15, 0.2) is 17.5 Å². The lowest BCUT2D eigenvalue weighted by Gasteiger charge is -2.13. The Balaban J connectivity index is 1.76. The lowest BCUT2D eigenvalue weighted by Crippen LogP contribution is -2.38. The Morgan fingerprint density at radius 2 is 2.04 bits per heavy atom. The van der Waals surface area contributed by atoms with Gasteiger partial charge in [0, 0.05) is 19.7 Å². The summed E-state index contributed by atoms with van der Waals surface area (Å²) >= 11 is 0. The molecule has 5 nitrogen and oxygen atoms in total. The van der Waals surface area contributed by atoms with Crippen molar-refractivity contribution in [1.82, 2.24) is 10.6 Å². The van der Waals surface area contributed by atoms with Crippen molar-refractivity contribution in [2.45, 2.75) is 6.54 Å². The van der Waals surface area contributed by atoms with Gasteiger partial charge in [-0.1, -0.05) is 12.1 Å². The molecule has 0 aromatic heterocycles. The Morgan fingerprint density at radius 1 is 1.20 bits per heavy atom. The first-order valence-corrected chi connectivity index (χ1v) is 7.64. The summed E-state index contributed by atoms with van der Waals surface area (Å²) < 4.78 is 31.5. The first-order chi connectivity index (χ1) is 12.1. The number of nitrogens with one attached hydrogen (secondary N) is 2. The van der Waals surface area contributed by atoms with Gasteiger partial charge in [0.1, 0.15) is 12.4 Å². The molecule has 0 aliphatic carbocycles. The lowest BCUT2D eigenvalue weighted by molar-refractivity contribution is 0.304. The molecule has 7 heteroatoms. The second kappa shape index (κ2) is 9.23. The van der Waals surface area contributed by atoms with Crippen molar-refractivity contribution in [3.8, 4) is 11.8 Å². The largest absolute Gasteiger partial charge is 0.489 e. The lowest BCUT2D eigenvalue weighted by atomic mass is 10.1. The van der Waals surface area contributed by atoms with E-state index < -0.39 is 11.6 Å². The Morgan fingerprint density at radius 3 is 2.76 bits per heavy atom. The van der Waals surface area contributed by atoms with Gasteiger partial charge in [0.2, 0.25) is 0 Å². The van der Waals surface area contributed by atoms with E-state index in [1.54, 1.807) is 19.2 Å². The maximum absolute atomic E-state index is 13.4. The van der Waals surface area contributed by atoms with Crippen molar-refractivity contribution in [2.24, 2.45) is 4.99 Å². The van der Waals surface area contributed by atoms with Crippen LogP contribution < -0.4 is 15.4 Å². The molecule has 0 bridgehead atoms. The van der Waals surface area contributed by atoms with Crippen LogP contribution in [0, 0.1) is 23.0 Å². The summed E-state index contributed by atoms with van der Waals surface area (Å²) in [4.78, 5) is 4.07. The fourth-order valence-corrected chi connectivity index (χ4v) is 2.08. The van der Waals surface area contributed by atoms with Crippen molar-refractivity contribution in [3.05, 3.63) is 65.2 Å². The van der Waals surface area contributed by atoms with Gasteiger partial charge >= 0.3 is 0 Å². The van der Waals surface area contributed by atoms with Gasteiger partial charge in [0.05, 0.1) is 18.2 Å². The molecule has 0 amide bonds. The smallest absolute Gasteiger partial charge is 0.191 e. The van der Waals surface area contributed by atoms with Gasteiger partial charge in [-0.15, -0.1) is 0 Å². The van der Waals surface area contributed by atoms with Crippen molar-refractivity contribution < 1.29 is 13.5 Å². The summed E-state index contributed by atoms with van der Waals surface area (Å²) in [7, 11) is 1.63. The highest BCUT2D eigenvalue weighted by Gasteiger charge is 2.05.